The van der Waals surface area contributed by atoms with Crippen LogP contribution in [0.4, 0.5) is 10.5 Å². The number of amides is 1. The molecule has 1 aliphatic rings. The Labute approximate surface area is 142 Å². The van der Waals surface area contributed by atoms with Crippen molar-refractivity contribution in [2.24, 2.45) is 0 Å². The highest BCUT2D eigenvalue weighted by Gasteiger charge is 2.10. The van der Waals surface area contributed by atoms with Crippen molar-refractivity contribution >= 4 is 11.8 Å². The molecule has 0 bridgehead atoms. The number of alkyl carbamates (subject to hydrolysis) is 1. The summed E-state index contributed by atoms with van der Waals surface area (Å²) in [5.74, 6) is 0. The number of carbonyl (C=O) groups excluding carboxylic acids is 1. The first-order valence-corrected chi connectivity index (χ1v) is 8.30. The molecule has 1 fully saturated rings. The van der Waals surface area contributed by atoms with Crippen molar-refractivity contribution in [2.45, 2.75) is 13.2 Å². The predicted molar refractivity (Wildman–Crippen MR) is 95.0 cm³/mol. The van der Waals surface area contributed by atoms with E-state index < -0.39 is 6.09 Å². The minimum absolute atomic E-state index is 0.286. The van der Waals surface area contributed by atoms with Crippen LogP contribution in [0, 0.1) is 0 Å². The topological polar surface area (TPSA) is 53.6 Å². The smallest absolute Gasteiger partial charge is 0.407 e. The molecule has 0 saturated carbocycles. The van der Waals surface area contributed by atoms with E-state index in [1.807, 2.05) is 30.3 Å². The molecule has 0 atom stereocenters. The molecule has 1 aliphatic heterocycles. The molecular weight excluding hydrogens is 302 g/mol. The van der Waals surface area contributed by atoms with Gasteiger partial charge in [0.15, 0.2) is 0 Å². The van der Waals surface area contributed by atoms with E-state index >= 15 is 0 Å². The Morgan fingerprint density at radius 1 is 1.00 bits per heavy atom. The van der Waals surface area contributed by atoms with Crippen LogP contribution in [-0.2, 0) is 17.9 Å². The van der Waals surface area contributed by atoms with Gasteiger partial charge in [-0.1, -0.05) is 42.5 Å². The summed E-state index contributed by atoms with van der Waals surface area (Å²) in [6.07, 6.45) is -0.398. The van der Waals surface area contributed by atoms with Crippen molar-refractivity contribution in [2.75, 3.05) is 31.1 Å². The number of carbonyl (C=O) groups is 1. The van der Waals surface area contributed by atoms with Gasteiger partial charge in [-0.25, -0.2) is 4.79 Å². The number of nitrogens with zero attached hydrogens (tertiary/aromatic N) is 1. The molecule has 5 nitrogen and oxygen atoms in total. The van der Waals surface area contributed by atoms with Gasteiger partial charge in [0.2, 0.25) is 0 Å². The Hall–Kier alpha value is -2.53. The van der Waals surface area contributed by atoms with Gasteiger partial charge in [0.25, 0.3) is 0 Å². The van der Waals surface area contributed by atoms with Crippen molar-refractivity contribution in [1.82, 2.24) is 10.6 Å². The maximum atomic E-state index is 11.8. The Morgan fingerprint density at radius 2 is 1.71 bits per heavy atom. The molecule has 24 heavy (non-hydrogen) atoms. The van der Waals surface area contributed by atoms with Crippen molar-refractivity contribution < 1.29 is 9.53 Å². The molecule has 0 unspecified atom stereocenters. The third-order valence-corrected chi connectivity index (χ3v) is 4.07. The fourth-order valence-electron chi connectivity index (χ4n) is 2.70. The Morgan fingerprint density at radius 3 is 2.42 bits per heavy atom. The maximum absolute atomic E-state index is 11.8. The number of nitrogens with one attached hydrogen (secondary N) is 2. The summed E-state index contributed by atoms with van der Waals surface area (Å²) in [7, 11) is 0. The molecule has 2 N–H and O–H groups in total. The van der Waals surface area contributed by atoms with Crippen LogP contribution < -0.4 is 15.5 Å². The average Bonchev–Trinajstić information content (AvgIpc) is 2.67. The van der Waals surface area contributed by atoms with E-state index in [0.29, 0.717) is 6.54 Å². The second-order valence-electron chi connectivity index (χ2n) is 5.82. The van der Waals surface area contributed by atoms with Crippen molar-refractivity contribution in [3.8, 4) is 0 Å². The summed E-state index contributed by atoms with van der Waals surface area (Å²) < 4.78 is 5.20. The molecule has 0 aromatic heterocycles. The van der Waals surface area contributed by atoms with Gasteiger partial charge in [-0.15, -0.1) is 0 Å². The van der Waals surface area contributed by atoms with Crippen LogP contribution >= 0.6 is 0 Å². The van der Waals surface area contributed by atoms with Crippen molar-refractivity contribution in [3.05, 3.63) is 65.7 Å². The Bertz CT molecular complexity index is 637. The maximum Gasteiger partial charge on any atom is 0.407 e. The normalized spacial score (nSPS) is 14.2. The molecule has 1 heterocycles. The minimum atomic E-state index is -0.398. The predicted octanol–water partition coefficient (Wildman–Crippen LogP) is 2.52. The molecular formula is C19H23N3O2. The van der Waals surface area contributed by atoms with Gasteiger partial charge in [0.05, 0.1) is 0 Å². The van der Waals surface area contributed by atoms with Crippen molar-refractivity contribution in [3.63, 3.8) is 0 Å². The lowest BCUT2D eigenvalue weighted by Gasteiger charge is -2.29. The zero-order valence-corrected chi connectivity index (χ0v) is 13.7. The summed E-state index contributed by atoms with van der Waals surface area (Å²) in [5.41, 5.74) is 3.27. The quantitative estimate of drug-likeness (QED) is 0.887. The largest absolute Gasteiger partial charge is 0.445 e. The van der Waals surface area contributed by atoms with Gasteiger partial charge in [0.1, 0.15) is 6.61 Å². The standard InChI is InChI=1S/C19H23N3O2/c23-19(24-15-17-4-2-1-3-5-17)21-14-16-6-8-18(9-7-16)22-12-10-20-11-13-22/h1-9,20H,10-15H2,(H,21,23). The molecule has 1 amide bonds. The minimum Gasteiger partial charge on any atom is -0.445 e. The average molecular weight is 325 g/mol. The highest BCUT2D eigenvalue weighted by atomic mass is 16.5. The van der Waals surface area contributed by atoms with E-state index in [2.05, 4.69) is 39.8 Å². The number of anilines is 1. The SMILES string of the molecule is O=C(NCc1ccc(N2CCNCC2)cc1)OCc1ccccc1. The first-order chi connectivity index (χ1) is 11.8. The molecule has 126 valence electrons. The van der Waals surface area contributed by atoms with Gasteiger partial charge in [-0.05, 0) is 23.3 Å². The number of rotatable bonds is 5. The van der Waals surface area contributed by atoms with Crippen LogP contribution in [0.3, 0.4) is 0 Å². The zero-order valence-electron chi connectivity index (χ0n) is 13.7. The van der Waals surface area contributed by atoms with Crippen LogP contribution in [0.15, 0.2) is 54.6 Å². The van der Waals surface area contributed by atoms with Crippen LogP contribution in [-0.4, -0.2) is 32.3 Å². The highest BCUT2D eigenvalue weighted by molar-refractivity contribution is 5.67. The van der Waals surface area contributed by atoms with E-state index in [0.717, 1.165) is 37.3 Å². The van der Waals surface area contributed by atoms with E-state index in [-0.39, 0.29) is 6.61 Å². The van der Waals surface area contributed by atoms with Crippen LogP contribution in [0.25, 0.3) is 0 Å². The monoisotopic (exact) mass is 325 g/mol. The molecule has 1 saturated heterocycles. The summed E-state index contributed by atoms with van der Waals surface area (Å²) in [6.45, 7) is 4.87. The Kier molecular flexibility index (Phi) is 5.69. The lowest BCUT2D eigenvalue weighted by Crippen LogP contribution is -2.43. The molecule has 2 aromatic carbocycles. The summed E-state index contributed by atoms with van der Waals surface area (Å²) in [5, 5.41) is 6.13. The van der Waals surface area contributed by atoms with Crippen LogP contribution in [0.5, 0.6) is 0 Å². The van der Waals surface area contributed by atoms with Gasteiger partial charge in [-0.3, -0.25) is 0 Å². The number of benzene rings is 2. The van der Waals surface area contributed by atoms with Gasteiger partial charge in [0, 0.05) is 38.4 Å². The first-order valence-electron chi connectivity index (χ1n) is 8.30. The summed E-state index contributed by atoms with van der Waals surface area (Å²) in [6, 6.07) is 18.0. The molecule has 5 heteroatoms. The van der Waals surface area contributed by atoms with E-state index in [9.17, 15) is 4.79 Å². The summed E-state index contributed by atoms with van der Waals surface area (Å²) >= 11 is 0. The zero-order chi connectivity index (χ0) is 16.6. The van der Waals surface area contributed by atoms with E-state index in [1.165, 1.54) is 5.69 Å². The van der Waals surface area contributed by atoms with Gasteiger partial charge >= 0.3 is 6.09 Å². The summed E-state index contributed by atoms with van der Waals surface area (Å²) in [4.78, 5) is 14.1. The third-order valence-electron chi connectivity index (χ3n) is 4.07. The number of ether oxygens (including phenoxy) is 1. The molecule has 3 rings (SSSR count). The fraction of sp³-hybridized carbons (Fsp3) is 0.316. The number of hydrogen-bond donors (Lipinski definition) is 2. The Balaban J connectivity index is 1.43. The lowest BCUT2D eigenvalue weighted by molar-refractivity contribution is 0.139. The fourth-order valence-corrected chi connectivity index (χ4v) is 2.70. The lowest BCUT2D eigenvalue weighted by atomic mass is 10.2. The number of piperazine rings is 1. The van der Waals surface area contributed by atoms with E-state index in [1.54, 1.807) is 0 Å². The molecule has 0 aliphatic carbocycles. The van der Waals surface area contributed by atoms with Crippen LogP contribution in [0.2, 0.25) is 0 Å². The van der Waals surface area contributed by atoms with Gasteiger partial charge in [-0.2, -0.15) is 0 Å². The van der Waals surface area contributed by atoms with E-state index in [4.69, 9.17) is 4.74 Å². The highest BCUT2D eigenvalue weighted by Crippen LogP contribution is 2.15. The molecule has 0 radical (unpaired) electrons. The van der Waals surface area contributed by atoms with Gasteiger partial charge < -0.3 is 20.3 Å². The third kappa shape index (κ3) is 4.73. The number of hydrogen-bond acceptors (Lipinski definition) is 4. The van der Waals surface area contributed by atoms with Crippen molar-refractivity contribution in [1.29, 1.82) is 0 Å². The second kappa shape index (κ2) is 8.36. The first kappa shape index (κ1) is 16.3. The molecule has 2 aromatic rings. The van der Waals surface area contributed by atoms with Crippen LogP contribution in [0.1, 0.15) is 11.1 Å². The molecule has 0 spiro atoms. The second-order valence-corrected chi connectivity index (χ2v) is 5.82.